The third kappa shape index (κ3) is 3.19. The smallest absolute Gasteiger partial charge is 0.256 e. The summed E-state index contributed by atoms with van der Waals surface area (Å²) >= 11 is 0. The highest BCUT2D eigenvalue weighted by Gasteiger charge is 2.26. The molecular formula is C12H17N3O3. The summed E-state index contributed by atoms with van der Waals surface area (Å²) in [5, 5.41) is 2.64. The topological polar surface area (TPSA) is 94.3 Å². The molecular weight excluding hydrogens is 234 g/mol. The van der Waals surface area contributed by atoms with Crippen LogP contribution in [0, 0.1) is 5.41 Å². The third-order valence-electron chi connectivity index (χ3n) is 2.57. The molecule has 6 nitrogen and oxygen atoms in total. The first-order chi connectivity index (χ1) is 8.38. The number of nitrogens with two attached hydrogens (primary N) is 1. The molecule has 0 fully saturated rings. The Balaban J connectivity index is 2.75. The summed E-state index contributed by atoms with van der Waals surface area (Å²) in [6.07, 6.45) is 1.53. The predicted octanol–water partition coefficient (Wildman–Crippen LogP) is 0.331. The van der Waals surface area contributed by atoms with E-state index in [0.29, 0.717) is 5.56 Å². The second kappa shape index (κ2) is 5.48. The summed E-state index contributed by atoms with van der Waals surface area (Å²) < 4.78 is 4.98. The lowest BCUT2D eigenvalue weighted by atomic mass is 9.93. The molecule has 0 unspecified atom stereocenters. The molecule has 0 spiro atoms. The number of amides is 2. The minimum absolute atomic E-state index is 0.152. The lowest BCUT2D eigenvalue weighted by molar-refractivity contribution is -0.125. The first kappa shape index (κ1) is 14.0. The fourth-order valence-electron chi connectivity index (χ4n) is 1.21. The summed E-state index contributed by atoms with van der Waals surface area (Å²) in [6.45, 7) is 3.48. The van der Waals surface area contributed by atoms with Crippen molar-refractivity contribution in [2.24, 2.45) is 11.1 Å². The zero-order valence-electron chi connectivity index (χ0n) is 10.7. The van der Waals surface area contributed by atoms with Crippen molar-refractivity contribution >= 4 is 11.8 Å². The Labute approximate surface area is 106 Å². The van der Waals surface area contributed by atoms with E-state index in [0.717, 1.165) is 0 Å². The molecule has 0 radical (unpaired) electrons. The number of rotatable bonds is 5. The average molecular weight is 251 g/mol. The number of nitrogens with one attached hydrogen (secondary N) is 1. The number of carbonyl (C=O) groups excluding carboxylic acids is 2. The van der Waals surface area contributed by atoms with E-state index in [1.807, 2.05) is 0 Å². The van der Waals surface area contributed by atoms with Crippen molar-refractivity contribution in [1.82, 2.24) is 10.3 Å². The number of nitrogens with zero attached hydrogens (tertiary/aromatic N) is 1. The van der Waals surface area contributed by atoms with Crippen molar-refractivity contribution in [3.63, 3.8) is 0 Å². The van der Waals surface area contributed by atoms with Crippen LogP contribution in [0.5, 0.6) is 5.88 Å². The van der Waals surface area contributed by atoms with E-state index in [4.69, 9.17) is 10.5 Å². The molecule has 0 bridgehead atoms. The van der Waals surface area contributed by atoms with E-state index in [1.165, 1.54) is 13.3 Å². The van der Waals surface area contributed by atoms with Crippen molar-refractivity contribution in [3.8, 4) is 5.88 Å². The van der Waals surface area contributed by atoms with Crippen molar-refractivity contribution in [1.29, 1.82) is 0 Å². The van der Waals surface area contributed by atoms with Crippen molar-refractivity contribution in [3.05, 3.63) is 23.9 Å². The standard InChI is InChI=1S/C12H17N3O3/c1-12(2,11(13)17)7-15-9(16)8-5-4-6-14-10(8)18-3/h4-6H,7H2,1-3H3,(H2,13,17)(H,15,16). The molecule has 0 saturated heterocycles. The van der Waals surface area contributed by atoms with Crippen LogP contribution in [-0.2, 0) is 4.79 Å². The largest absolute Gasteiger partial charge is 0.480 e. The predicted molar refractivity (Wildman–Crippen MR) is 66.1 cm³/mol. The van der Waals surface area contributed by atoms with Gasteiger partial charge in [-0.1, -0.05) is 0 Å². The zero-order valence-corrected chi connectivity index (χ0v) is 10.7. The van der Waals surface area contributed by atoms with E-state index in [2.05, 4.69) is 10.3 Å². The molecule has 1 aromatic heterocycles. The van der Waals surface area contributed by atoms with Gasteiger partial charge in [-0.3, -0.25) is 9.59 Å². The lowest BCUT2D eigenvalue weighted by Crippen LogP contribution is -2.42. The molecule has 1 aromatic rings. The van der Waals surface area contributed by atoms with Crippen LogP contribution in [0.1, 0.15) is 24.2 Å². The summed E-state index contributed by atoms with van der Waals surface area (Å²) in [7, 11) is 1.44. The molecule has 1 rings (SSSR count). The van der Waals surface area contributed by atoms with E-state index in [-0.39, 0.29) is 18.3 Å². The van der Waals surface area contributed by atoms with Crippen LogP contribution in [0.3, 0.4) is 0 Å². The third-order valence-corrected chi connectivity index (χ3v) is 2.57. The molecule has 0 aliphatic carbocycles. The van der Waals surface area contributed by atoms with Gasteiger partial charge in [0.1, 0.15) is 5.56 Å². The molecule has 3 N–H and O–H groups in total. The van der Waals surface area contributed by atoms with E-state index in [9.17, 15) is 9.59 Å². The molecule has 2 amide bonds. The number of methoxy groups -OCH3 is 1. The molecule has 0 aromatic carbocycles. The highest BCUT2D eigenvalue weighted by molar-refractivity contribution is 5.96. The molecule has 1 heterocycles. The van der Waals surface area contributed by atoms with Gasteiger partial charge in [0.15, 0.2) is 0 Å². The Morgan fingerprint density at radius 3 is 2.72 bits per heavy atom. The van der Waals surface area contributed by atoms with E-state index < -0.39 is 11.3 Å². The van der Waals surface area contributed by atoms with Gasteiger partial charge in [0, 0.05) is 12.7 Å². The van der Waals surface area contributed by atoms with Gasteiger partial charge in [0.05, 0.1) is 12.5 Å². The number of carbonyl (C=O) groups is 2. The SMILES string of the molecule is COc1ncccc1C(=O)NCC(C)(C)C(N)=O. The number of ether oxygens (including phenoxy) is 1. The molecule has 0 aliphatic heterocycles. The zero-order chi connectivity index (χ0) is 13.8. The molecule has 0 atom stereocenters. The molecule has 98 valence electrons. The van der Waals surface area contributed by atoms with Gasteiger partial charge in [-0.25, -0.2) is 4.98 Å². The lowest BCUT2D eigenvalue weighted by Gasteiger charge is -2.20. The van der Waals surface area contributed by atoms with Gasteiger partial charge < -0.3 is 15.8 Å². The second-order valence-corrected chi connectivity index (χ2v) is 4.49. The highest BCUT2D eigenvalue weighted by Crippen LogP contribution is 2.15. The van der Waals surface area contributed by atoms with E-state index in [1.54, 1.807) is 26.0 Å². The first-order valence-electron chi connectivity index (χ1n) is 5.45. The quantitative estimate of drug-likeness (QED) is 0.788. The monoisotopic (exact) mass is 251 g/mol. The van der Waals surface area contributed by atoms with Crippen molar-refractivity contribution < 1.29 is 14.3 Å². The Hall–Kier alpha value is -2.11. The maximum Gasteiger partial charge on any atom is 0.256 e. The fourth-order valence-corrected chi connectivity index (χ4v) is 1.21. The molecule has 0 saturated carbocycles. The maximum atomic E-state index is 11.9. The number of hydrogen-bond acceptors (Lipinski definition) is 4. The van der Waals surface area contributed by atoms with Gasteiger partial charge in [0.2, 0.25) is 11.8 Å². The van der Waals surface area contributed by atoms with Crippen LogP contribution in [0.25, 0.3) is 0 Å². The molecule has 6 heteroatoms. The van der Waals surface area contributed by atoms with E-state index >= 15 is 0 Å². The summed E-state index contributed by atoms with van der Waals surface area (Å²) in [4.78, 5) is 27.0. The molecule has 0 aliphatic rings. The van der Waals surface area contributed by atoms with Crippen LogP contribution in [-0.4, -0.2) is 30.5 Å². The Kier molecular flexibility index (Phi) is 4.25. The summed E-state index contributed by atoms with van der Waals surface area (Å²) in [5.41, 5.74) is 4.74. The average Bonchev–Trinajstić information content (AvgIpc) is 2.35. The number of hydrogen-bond donors (Lipinski definition) is 2. The highest BCUT2D eigenvalue weighted by atomic mass is 16.5. The number of aromatic nitrogens is 1. The van der Waals surface area contributed by atoms with Gasteiger partial charge in [-0.2, -0.15) is 0 Å². The summed E-state index contributed by atoms with van der Waals surface area (Å²) in [5.74, 6) is -0.581. The van der Waals surface area contributed by atoms with Gasteiger partial charge in [-0.05, 0) is 26.0 Å². The minimum Gasteiger partial charge on any atom is -0.480 e. The second-order valence-electron chi connectivity index (χ2n) is 4.49. The van der Waals surface area contributed by atoms with Crippen LogP contribution in [0.15, 0.2) is 18.3 Å². The minimum atomic E-state index is -0.800. The Bertz CT molecular complexity index is 458. The molecule has 18 heavy (non-hydrogen) atoms. The van der Waals surface area contributed by atoms with Gasteiger partial charge in [0.25, 0.3) is 5.91 Å². The van der Waals surface area contributed by atoms with Gasteiger partial charge >= 0.3 is 0 Å². The Morgan fingerprint density at radius 1 is 1.50 bits per heavy atom. The van der Waals surface area contributed by atoms with Crippen LogP contribution in [0.2, 0.25) is 0 Å². The Morgan fingerprint density at radius 2 is 2.17 bits per heavy atom. The summed E-state index contributed by atoms with van der Waals surface area (Å²) in [6, 6.07) is 3.23. The van der Waals surface area contributed by atoms with Gasteiger partial charge in [-0.15, -0.1) is 0 Å². The number of pyridine rings is 1. The van der Waals surface area contributed by atoms with Crippen LogP contribution < -0.4 is 15.8 Å². The fraction of sp³-hybridized carbons (Fsp3) is 0.417. The number of primary amides is 1. The normalized spacial score (nSPS) is 10.8. The van der Waals surface area contributed by atoms with Crippen LogP contribution >= 0.6 is 0 Å². The van der Waals surface area contributed by atoms with Crippen LogP contribution in [0.4, 0.5) is 0 Å². The first-order valence-corrected chi connectivity index (χ1v) is 5.45. The van der Waals surface area contributed by atoms with Crippen molar-refractivity contribution in [2.75, 3.05) is 13.7 Å². The maximum absolute atomic E-state index is 11.9. The van der Waals surface area contributed by atoms with Crippen molar-refractivity contribution in [2.45, 2.75) is 13.8 Å².